The first-order valence-electron chi connectivity index (χ1n) is 9.98. The second kappa shape index (κ2) is 9.67. The molecule has 0 atom stereocenters. The normalized spacial score (nSPS) is 21.1. The largest absolute Gasteiger partial charge is 0.381 e. The van der Waals surface area contributed by atoms with Gasteiger partial charge >= 0.3 is 0 Å². The van der Waals surface area contributed by atoms with E-state index in [1.54, 1.807) is 11.3 Å². The van der Waals surface area contributed by atoms with E-state index in [0.717, 1.165) is 58.1 Å². The van der Waals surface area contributed by atoms with Crippen LogP contribution in [0.2, 0.25) is 0 Å². The fourth-order valence-corrected chi connectivity index (χ4v) is 4.68. The number of aliphatic imine (C=N–C) groups is 1. The number of thiazole rings is 1. The van der Waals surface area contributed by atoms with E-state index in [1.165, 1.54) is 35.8 Å². The predicted molar refractivity (Wildman–Crippen MR) is 108 cm³/mol. The van der Waals surface area contributed by atoms with Gasteiger partial charge in [0.1, 0.15) is 0 Å². The zero-order valence-electron chi connectivity index (χ0n) is 16.2. The van der Waals surface area contributed by atoms with Crippen molar-refractivity contribution < 1.29 is 4.74 Å². The van der Waals surface area contributed by atoms with Crippen LogP contribution >= 0.6 is 11.3 Å². The predicted octanol–water partition coefficient (Wildman–Crippen LogP) is 2.19. The average molecular weight is 380 g/mol. The summed E-state index contributed by atoms with van der Waals surface area (Å²) in [5.74, 6) is 0.922. The summed E-state index contributed by atoms with van der Waals surface area (Å²) in [7, 11) is 0. The lowest BCUT2D eigenvalue weighted by atomic mass is 9.88. The molecule has 2 aliphatic heterocycles. The highest BCUT2D eigenvalue weighted by atomic mass is 32.1. The molecule has 2 fully saturated rings. The van der Waals surface area contributed by atoms with Crippen molar-refractivity contribution >= 4 is 17.3 Å². The van der Waals surface area contributed by atoms with Crippen molar-refractivity contribution in [1.29, 1.82) is 0 Å². The Bertz CT molecular complexity index is 576. The van der Waals surface area contributed by atoms with Gasteiger partial charge in [-0.25, -0.2) is 4.98 Å². The molecule has 0 aliphatic carbocycles. The van der Waals surface area contributed by atoms with E-state index in [2.05, 4.69) is 34.4 Å². The second-order valence-corrected chi connectivity index (χ2v) is 8.59. The van der Waals surface area contributed by atoms with Crippen molar-refractivity contribution in [2.45, 2.75) is 51.5 Å². The molecule has 0 spiro atoms. The number of rotatable bonds is 7. The number of likely N-dealkylation sites (tertiary alicyclic amines) is 1. The quantitative estimate of drug-likeness (QED) is 0.562. The third kappa shape index (κ3) is 5.18. The maximum atomic E-state index is 5.64. The molecule has 0 aromatic carbocycles. The molecule has 0 amide bonds. The third-order valence-electron chi connectivity index (χ3n) is 5.38. The van der Waals surface area contributed by atoms with Crippen molar-refractivity contribution in [3.63, 3.8) is 0 Å². The molecule has 3 heterocycles. The van der Waals surface area contributed by atoms with E-state index in [4.69, 9.17) is 9.73 Å². The summed E-state index contributed by atoms with van der Waals surface area (Å²) in [5, 5.41) is 8.06. The number of hydrogen-bond acceptors (Lipinski definition) is 5. The van der Waals surface area contributed by atoms with Crippen LogP contribution < -0.4 is 10.6 Å². The van der Waals surface area contributed by atoms with E-state index in [0.29, 0.717) is 0 Å². The van der Waals surface area contributed by atoms with E-state index < -0.39 is 0 Å². The van der Waals surface area contributed by atoms with Crippen LogP contribution in [0.25, 0.3) is 0 Å². The van der Waals surface area contributed by atoms with Gasteiger partial charge in [-0.3, -0.25) is 9.89 Å². The lowest BCUT2D eigenvalue weighted by Gasteiger charge is -2.43. The number of nitrogens with one attached hydrogen (secondary N) is 2. The number of aryl methyl sites for hydroxylation is 1. The summed E-state index contributed by atoms with van der Waals surface area (Å²) in [6.07, 6.45) is 7.70. The average Bonchev–Trinajstić information content (AvgIpc) is 3.33. The van der Waals surface area contributed by atoms with E-state index in [-0.39, 0.29) is 5.54 Å². The van der Waals surface area contributed by atoms with Gasteiger partial charge in [-0.05, 0) is 52.6 Å². The maximum absolute atomic E-state index is 5.64. The van der Waals surface area contributed by atoms with Crippen LogP contribution in [0.1, 0.15) is 42.5 Å². The molecule has 0 unspecified atom stereocenters. The summed E-state index contributed by atoms with van der Waals surface area (Å²) in [6.45, 7) is 10.9. The monoisotopic (exact) mass is 379 g/mol. The highest BCUT2D eigenvalue weighted by Crippen LogP contribution is 2.31. The number of aromatic nitrogens is 1. The van der Waals surface area contributed by atoms with Gasteiger partial charge in [-0.2, -0.15) is 0 Å². The minimum Gasteiger partial charge on any atom is -0.381 e. The van der Waals surface area contributed by atoms with Crippen molar-refractivity contribution in [3.05, 3.63) is 16.1 Å². The van der Waals surface area contributed by atoms with Crippen LogP contribution in [-0.4, -0.2) is 67.3 Å². The number of ether oxygens (including phenoxy) is 1. The molecule has 6 nitrogen and oxygen atoms in total. The Morgan fingerprint density at radius 3 is 2.73 bits per heavy atom. The van der Waals surface area contributed by atoms with Crippen LogP contribution in [0.15, 0.2) is 11.2 Å². The Morgan fingerprint density at radius 1 is 1.31 bits per heavy atom. The summed E-state index contributed by atoms with van der Waals surface area (Å²) < 4.78 is 5.64. The van der Waals surface area contributed by atoms with Gasteiger partial charge in [-0.1, -0.05) is 0 Å². The van der Waals surface area contributed by atoms with Gasteiger partial charge < -0.3 is 15.4 Å². The van der Waals surface area contributed by atoms with Gasteiger partial charge in [-0.15, -0.1) is 11.3 Å². The van der Waals surface area contributed by atoms with E-state index >= 15 is 0 Å². The molecule has 146 valence electrons. The minimum absolute atomic E-state index is 0.184. The number of hydrogen-bond donors (Lipinski definition) is 2. The fraction of sp³-hybridized carbons (Fsp3) is 0.789. The van der Waals surface area contributed by atoms with Gasteiger partial charge in [0.25, 0.3) is 0 Å². The summed E-state index contributed by atoms with van der Waals surface area (Å²) in [4.78, 5) is 13.3. The zero-order valence-corrected chi connectivity index (χ0v) is 17.0. The molecule has 2 N–H and O–H groups in total. The van der Waals surface area contributed by atoms with Crippen LogP contribution in [0.3, 0.4) is 0 Å². The fourth-order valence-electron chi connectivity index (χ4n) is 3.89. The molecular formula is C19H33N5OS. The Hall–Kier alpha value is -1.18. The van der Waals surface area contributed by atoms with E-state index in [9.17, 15) is 0 Å². The summed E-state index contributed by atoms with van der Waals surface area (Å²) in [5.41, 5.74) is 0.184. The van der Waals surface area contributed by atoms with Gasteiger partial charge in [0, 0.05) is 49.3 Å². The van der Waals surface area contributed by atoms with Gasteiger partial charge in [0.15, 0.2) is 5.96 Å². The molecule has 1 aromatic heterocycles. The molecule has 3 rings (SSSR count). The lowest BCUT2D eigenvalue weighted by molar-refractivity contribution is -0.0139. The maximum Gasteiger partial charge on any atom is 0.191 e. The Labute approximate surface area is 161 Å². The summed E-state index contributed by atoms with van der Waals surface area (Å²) in [6, 6.07) is 0. The molecule has 2 saturated heterocycles. The van der Waals surface area contributed by atoms with Crippen molar-refractivity contribution in [2.24, 2.45) is 4.99 Å². The first-order valence-corrected chi connectivity index (χ1v) is 10.8. The van der Waals surface area contributed by atoms with Gasteiger partial charge in [0.05, 0.1) is 11.6 Å². The molecule has 26 heavy (non-hydrogen) atoms. The molecule has 1 aromatic rings. The first kappa shape index (κ1) is 19.6. The smallest absolute Gasteiger partial charge is 0.191 e. The lowest BCUT2D eigenvalue weighted by Crippen LogP contribution is -2.54. The van der Waals surface area contributed by atoms with Crippen LogP contribution in [-0.2, 0) is 11.2 Å². The molecule has 0 radical (unpaired) electrons. The van der Waals surface area contributed by atoms with E-state index in [1.807, 2.05) is 6.20 Å². The highest BCUT2D eigenvalue weighted by molar-refractivity contribution is 7.11. The Kier molecular flexibility index (Phi) is 7.28. The molecule has 0 saturated carbocycles. The standard InChI is InChI=1S/C19H33N5OS/c1-3-20-18(21-9-6-17-22-14-16(2)26-17)23-15-19(7-12-25-13-8-19)24-10-4-5-11-24/h14H,3-13,15H2,1-2H3,(H2,20,21,23). The topological polar surface area (TPSA) is 61.8 Å². The molecule has 2 aliphatic rings. The van der Waals surface area contributed by atoms with Gasteiger partial charge in [0.2, 0.25) is 0 Å². The Morgan fingerprint density at radius 2 is 2.08 bits per heavy atom. The first-order chi connectivity index (χ1) is 12.7. The van der Waals surface area contributed by atoms with Crippen LogP contribution in [0, 0.1) is 6.92 Å². The highest BCUT2D eigenvalue weighted by Gasteiger charge is 2.39. The SMILES string of the molecule is CCNC(=NCC1(N2CCCC2)CCOCC1)NCCc1ncc(C)s1. The third-order valence-corrected chi connectivity index (χ3v) is 6.35. The second-order valence-electron chi connectivity index (χ2n) is 7.27. The summed E-state index contributed by atoms with van der Waals surface area (Å²) >= 11 is 1.77. The molecule has 7 heteroatoms. The van der Waals surface area contributed by atoms with Crippen LogP contribution in [0.5, 0.6) is 0 Å². The minimum atomic E-state index is 0.184. The Balaban J connectivity index is 1.58. The molecular weight excluding hydrogens is 346 g/mol. The van der Waals surface area contributed by atoms with Crippen molar-refractivity contribution in [2.75, 3.05) is 45.9 Å². The van der Waals surface area contributed by atoms with Crippen molar-refractivity contribution in [1.82, 2.24) is 20.5 Å². The number of nitrogens with zero attached hydrogens (tertiary/aromatic N) is 3. The number of guanidine groups is 1. The van der Waals surface area contributed by atoms with Crippen LogP contribution in [0.4, 0.5) is 0 Å². The molecule has 0 bridgehead atoms. The van der Waals surface area contributed by atoms with Crippen molar-refractivity contribution in [3.8, 4) is 0 Å². The zero-order chi connectivity index (χ0) is 18.2.